The molecule has 0 spiro atoms. The summed E-state index contributed by atoms with van der Waals surface area (Å²) in [6.07, 6.45) is 13.0. The summed E-state index contributed by atoms with van der Waals surface area (Å²) in [7, 11) is 0. The van der Waals surface area contributed by atoms with Gasteiger partial charge < -0.3 is 0 Å². The molecule has 2 heterocycles. The molecule has 0 aliphatic carbocycles. The zero-order chi connectivity index (χ0) is 28.2. The predicted octanol–water partition coefficient (Wildman–Crippen LogP) is 10.4. The van der Waals surface area contributed by atoms with Gasteiger partial charge in [0.15, 0.2) is 0 Å². The second kappa shape index (κ2) is 16.8. The van der Waals surface area contributed by atoms with Crippen LogP contribution in [0.2, 0.25) is 0 Å². The molecule has 0 fully saturated rings. The van der Waals surface area contributed by atoms with Crippen LogP contribution in [0.3, 0.4) is 0 Å². The van der Waals surface area contributed by atoms with Crippen molar-refractivity contribution < 1.29 is 0 Å². The monoisotopic (exact) mass is 662 g/mol. The van der Waals surface area contributed by atoms with E-state index in [1.54, 1.807) is 0 Å². The van der Waals surface area contributed by atoms with Crippen molar-refractivity contribution in [1.29, 1.82) is 0 Å². The second-order valence-corrected chi connectivity index (χ2v) is 16.6. The predicted molar refractivity (Wildman–Crippen MR) is 197 cm³/mol. The maximum atomic E-state index is 3.07. The normalized spacial score (nSPS) is 13.9. The van der Waals surface area contributed by atoms with Crippen molar-refractivity contribution in [2.75, 3.05) is 25.0 Å². The summed E-state index contributed by atoms with van der Waals surface area (Å²) < 4.78 is 8.14. The fraction of sp³-hybridized carbons (Fsp3) is 0.125. The summed E-state index contributed by atoms with van der Waals surface area (Å²) in [5.74, 6) is 23.0. The topological polar surface area (TPSA) is 0 Å². The van der Waals surface area contributed by atoms with Crippen molar-refractivity contribution in [2.45, 2.75) is 0 Å². The van der Waals surface area contributed by atoms with Crippen molar-refractivity contribution in [1.82, 2.24) is 0 Å². The summed E-state index contributed by atoms with van der Waals surface area (Å²) >= 11 is 14.6. The molecule has 198 valence electrons. The Morgan fingerprint density at radius 2 is 0.750 bits per heavy atom. The van der Waals surface area contributed by atoms with Gasteiger partial charge in [0.05, 0.1) is 25.4 Å². The summed E-state index contributed by atoms with van der Waals surface area (Å²) in [4.78, 5) is 0. The first kappa shape index (κ1) is 31.4. The Morgan fingerprint density at radius 1 is 0.450 bits per heavy atom. The number of rotatable bonds is 6. The minimum Gasteiger partial charge on any atom is -0.121 e. The lowest BCUT2D eigenvalue weighted by Crippen LogP contribution is -1.76. The number of thioether (sulfide) groups is 8. The first-order valence-electron chi connectivity index (χ1n) is 11.6. The third-order valence-corrected chi connectivity index (χ3v) is 15.1. The van der Waals surface area contributed by atoms with Crippen molar-refractivity contribution in [2.24, 2.45) is 0 Å². The van der Waals surface area contributed by atoms with Crippen LogP contribution in [-0.2, 0) is 0 Å². The van der Waals surface area contributed by atoms with E-state index in [9.17, 15) is 0 Å². The molecule has 0 saturated heterocycles. The fourth-order valence-electron chi connectivity index (χ4n) is 3.12. The third kappa shape index (κ3) is 9.49. The molecule has 2 aliphatic heterocycles. The highest BCUT2D eigenvalue weighted by atomic mass is 32.3. The van der Waals surface area contributed by atoms with Crippen molar-refractivity contribution >= 4 is 106 Å². The standard InChI is InChI=1S/C32H22S8/c1-33-29-30(34-2)38-27(37-29)21-25-17-13-23(14-18-25)11-9-7-5-6-8-10-12-24-15-19-26(20-16-24)22-28-39-31(35-3)32(36-4)40-28/h13-22H,1-4H3. The van der Waals surface area contributed by atoms with Gasteiger partial charge in [0.2, 0.25) is 0 Å². The highest BCUT2D eigenvalue weighted by Crippen LogP contribution is 2.57. The van der Waals surface area contributed by atoms with Crippen LogP contribution in [0.4, 0.5) is 0 Å². The molecule has 0 atom stereocenters. The van der Waals surface area contributed by atoms with Gasteiger partial charge in [0.25, 0.3) is 0 Å². The van der Waals surface area contributed by atoms with E-state index in [2.05, 4.69) is 109 Å². The molecule has 2 aliphatic rings. The summed E-state index contributed by atoms with van der Waals surface area (Å²) in [5, 5.41) is 0. The molecular formula is C32H22S8. The summed E-state index contributed by atoms with van der Waals surface area (Å²) in [6.45, 7) is 0. The van der Waals surface area contributed by atoms with Crippen LogP contribution >= 0.6 is 94.1 Å². The van der Waals surface area contributed by atoms with Crippen LogP contribution in [0.25, 0.3) is 12.2 Å². The Hall–Kier alpha value is -1.56. The van der Waals surface area contributed by atoms with Crippen molar-refractivity contribution in [3.8, 4) is 47.4 Å². The lowest BCUT2D eigenvalue weighted by Gasteiger charge is -1.98. The number of hydrogen-bond donors (Lipinski definition) is 0. The first-order valence-corrected chi connectivity index (χ1v) is 19.8. The van der Waals surface area contributed by atoms with E-state index in [1.165, 1.54) is 36.5 Å². The quantitative estimate of drug-likeness (QED) is 0.277. The lowest BCUT2D eigenvalue weighted by molar-refractivity contribution is 1.61. The summed E-state index contributed by atoms with van der Waals surface area (Å²) in [5.41, 5.74) is 4.20. The average molecular weight is 663 g/mol. The Bertz CT molecular complexity index is 1470. The maximum absolute atomic E-state index is 3.07. The summed E-state index contributed by atoms with van der Waals surface area (Å²) in [6, 6.07) is 16.4. The fourth-order valence-corrected chi connectivity index (χ4v) is 13.0. The highest BCUT2D eigenvalue weighted by molar-refractivity contribution is 8.41. The van der Waals surface area contributed by atoms with Crippen molar-refractivity contribution in [3.05, 3.63) is 96.2 Å². The Morgan fingerprint density at radius 3 is 1.05 bits per heavy atom. The molecule has 0 bridgehead atoms. The van der Waals surface area contributed by atoms with Crippen LogP contribution in [0, 0.1) is 47.4 Å². The van der Waals surface area contributed by atoms with Crippen LogP contribution < -0.4 is 0 Å². The van der Waals surface area contributed by atoms with Gasteiger partial charge >= 0.3 is 0 Å². The van der Waals surface area contributed by atoms with Gasteiger partial charge in [-0.15, -0.1) is 47.0 Å². The van der Waals surface area contributed by atoms with Gasteiger partial charge in [-0.1, -0.05) is 83.2 Å². The van der Waals surface area contributed by atoms with Gasteiger partial charge in [0.1, 0.15) is 0 Å². The van der Waals surface area contributed by atoms with Crippen LogP contribution in [0.15, 0.2) is 74.0 Å². The number of benzene rings is 2. The van der Waals surface area contributed by atoms with Gasteiger partial charge in [-0.3, -0.25) is 0 Å². The molecule has 0 amide bonds. The van der Waals surface area contributed by atoms with Gasteiger partial charge in [-0.2, -0.15) is 0 Å². The van der Waals surface area contributed by atoms with Gasteiger partial charge in [0, 0.05) is 11.1 Å². The minimum absolute atomic E-state index is 0.929. The lowest BCUT2D eigenvalue weighted by atomic mass is 10.1. The number of hydrogen-bond acceptors (Lipinski definition) is 8. The second-order valence-electron chi connectivity index (χ2n) is 7.55. The van der Waals surface area contributed by atoms with Crippen LogP contribution in [0.1, 0.15) is 22.3 Å². The smallest absolute Gasteiger partial charge is 0.0657 e. The van der Waals surface area contributed by atoms with E-state index < -0.39 is 0 Å². The molecule has 2 aromatic rings. The molecule has 0 aromatic heterocycles. The molecule has 2 aromatic carbocycles. The van der Waals surface area contributed by atoms with Gasteiger partial charge in [-0.05, 0) is 108 Å². The zero-order valence-electron chi connectivity index (χ0n) is 22.0. The molecule has 0 unspecified atom stereocenters. The molecular weight excluding hydrogens is 641 g/mol. The van der Waals surface area contributed by atoms with E-state index in [0.717, 1.165) is 11.1 Å². The Balaban J connectivity index is 1.27. The van der Waals surface area contributed by atoms with Crippen LogP contribution in [0.5, 0.6) is 0 Å². The van der Waals surface area contributed by atoms with Crippen molar-refractivity contribution in [3.63, 3.8) is 0 Å². The highest BCUT2D eigenvalue weighted by Gasteiger charge is 2.20. The van der Waals surface area contributed by atoms with Gasteiger partial charge in [-0.25, -0.2) is 0 Å². The van der Waals surface area contributed by atoms with E-state index in [4.69, 9.17) is 0 Å². The molecule has 0 N–H and O–H groups in total. The van der Waals surface area contributed by atoms with E-state index >= 15 is 0 Å². The van der Waals surface area contributed by atoms with E-state index in [1.807, 2.05) is 118 Å². The van der Waals surface area contributed by atoms with E-state index in [0.29, 0.717) is 0 Å². The zero-order valence-corrected chi connectivity index (χ0v) is 28.6. The molecule has 0 nitrogen and oxygen atoms in total. The largest absolute Gasteiger partial charge is 0.121 e. The molecule has 40 heavy (non-hydrogen) atoms. The first-order chi connectivity index (χ1) is 19.6. The van der Waals surface area contributed by atoms with E-state index in [-0.39, 0.29) is 0 Å². The third-order valence-electron chi connectivity index (χ3n) is 4.96. The Labute approximate surface area is 272 Å². The molecule has 0 saturated carbocycles. The minimum atomic E-state index is 0.929. The maximum Gasteiger partial charge on any atom is 0.0657 e. The molecule has 8 heteroatoms. The molecule has 0 radical (unpaired) electrons. The Kier molecular flexibility index (Phi) is 13.2. The SMILES string of the molecule is CSC1=C(SC)SC(=Cc2ccc(C#CC#CC#CC#Cc3ccc(C=C4SC(SC)=C(SC)S4)cc3)cc2)S1. The average Bonchev–Trinajstić information content (AvgIpc) is 3.58. The van der Waals surface area contributed by atoms with Crippen LogP contribution in [-0.4, -0.2) is 25.0 Å². The molecule has 4 rings (SSSR count).